The lowest BCUT2D eigenvalue weighted by Crippen LogP contribution is -2.30. The second kappa shape index (κ2) is 69.0. The van der Waals surface area contributed by atoms with Crippen LogP contribution < -0.4 is 0 Å². The molecule has 1 atom stereocenters. The van der Waals surface area contributed by atoms with Crippen LogP contribution in [0.25, 0.3) is 0 Å². The first kappa shape index (κ1) is 77.5. The highest BCUT2D eigenvalue weighted by Crippen LogP contribution is 2.14. The molecule has 0 spiro atoms. The highest BCUT2D eigenvalue weighted by Gasteiger charge is 2.19. The van der Waals surface area contributed by atoms with Gasteiger partial charge in [-0.2, -0.15) is 0 Å². The minimum absolute atomic E-state index is 0.106. The van der Waals surface area contributed by atoms with Gasteiger partial charge in [0.1, 0.15) is 13.2 Å². The Morgan fingerprint density at radius 1 is 0.253 bits per heavy atom. The predicted octanol–water partition coefficient (Wildman–Crippen LogP) is 23.2. The topological polar surface area (TPSA) is 78.9 Å². The van der Waals surface area contributed by atoms with Crippen LogP contribution in [-0.4, -0.2) is 37.2 Å². The van der Waals surface area contributed by atoms with E-state index in [2.05, 4.69) is 203 Å². The van der Waals surface area contributed by atoms with E-state index in [1.54, 1.807) is 0 Å². The third-order valence-electron chi connectivity index (χ3n) is 13.4. The fraction of sp³-hybridized carbons (Fsp3) is 0.571. The van der Waals surface area contributed by atoms with Crippen LogP contribution >= 0.6 is 0 Å². The highest BCUT2D eigenvalue weighted by atomic mass is 16.6. The molecule has 0 aliphatic heterocycles. The molecule has 0 heterocycles. The van der Waals surface area contributed by atoms with Gasteiger partial charge in [0.2, 0.25) is 0 Å². The van der Waals surface area contributed by atoms with E-state index in [-0.39, 0.29) is 37.5 Å². The molecule has 0 aromatic carbocycles. The lowest BCUT2D eigenvalue weighted by Gasteiger charge is -2.18. The molecule has 0 aromatic heterocycles. The van der Waals surface area contributed by atoms with Crippen molar-refractivity contribution in [2.24, 2.45) is 0 Å². The Balaban J connectivity index is 4.37. The fourth-order valence-electron chi connectivity index (χ4n) is 8.50. The molecule has 0 aromatic rings. The number of ether oxygens (including phenoxy) is 3. The summed E-state index contributed by atoms with van der Waals surface area (Å²) in [5, 5.41) is 0. The van der Waals surface area contributed by atoms with Crippen LogP contribution in [0.3, 0.4) is 0 Å². The standard InChI is InChI=1S/C77H120O6/c1-4-7-10-13-16-19-22-24-26-28-30-31-32-33-34-35-36-37-38-39-40-41-42-43-44-45-47-48-50-52-55-58-61-64-67-70-76(79)82-73-74(72-81-75(78)69-66-63-60-57-54-21-18-15-12-9-6-3)83-77(80)71-68-65-62-59-56-53-51-49-46-29-27-25-23-20-17-14-11-8-5-2/h7-8,10-11,16-17,19-20,24-27,30-31,33-34,36-37,39-40,42-43,45-47,49-50,52-53,56,74H,4-6,9,12-15,18,21-23,28-29,32,35,38,41,44,48,51,54-55,57-73H2,1-3H3/b10-7-,11-8-,19-16-,20-17-,26-24-,27-25-,31-30-,34-33-,37-36-,40-39-,43-42-,47-45-,49-46-,52-50-,56-53-. The van der Waals surface area contributed by atoms with Crippen molar-refractivity contribution in [3.63, 3.8) is 0 Å². The third kappa shape index (κ3) is 67.2. The van der Waals surface area contributed by atoms with Gasteiger partial charge >= 0.3 is 17.9 Å². The number of allylic oxidation sites excluding steroid dienone is 30. The molecule has 0 rings (SSSR count). The van der Waals surface area contributed by atoms with Gasteiger partial charge in [0.25, 0.3) is 0 Å². The largest absolute Gasteiger partial charge is 0.462 e. The van der Waals surface area contributed by atoms with Gasteiger partial charge in [-0.05, 0) is 141 Å². The first-order chi connectivity index (χ1) is 41.0. The van der Waals surface area contributed by atoms with Crippen molar-refractivity contribution < 1.29 is 28.6 Å². The summed E-state index contributed by atoms with van der Waals surface area (Å²) in [6, 6.07) is 0. The summed E-state index contributed by atoms with van der Waals surface area (Å²) in [6.07, 6.45) is 103. The summed E-state index contributed by atoms with van der Waals surface area (Å²) >= 11 is 0. The molecule has 0 N–H and O–H groups in total. The summed E-state index contributed by atoms with van der Waals surface area (Å²) < 4.78 is 16.8. The maximum absolute atomic E-state index is 12.9. The maximum Gasteiger partial charge on any atom is 0.306 e. The van der Waals surface area contributed by atoms with E-state index < -0.39 is 6.10 Å². The van der Waals surface area contributed by atoms with E-state index in [1.807, 2.05) is 0 Å². The van der Waals surface area contributed by atoms with Crippen molar-refractivity contribution in [3.8, 4) is 0 Å². The van der Waals surface area contributed by atoms with Gasteiger partial charge < -0.3 is 14.2 Å². The molecule has 6 heteroatoms. The Morgan fingerprint density at radius 3 is 0.747 bits per heavy atom. The molecular weight excluding hydrogens is 1020 g/mol. The molecule has 0 aliphatic carbocycles. The van der Waals surface area contributed by atoms with Gasteiger partial charge in [0, 0.05) is 19.3 Å². The van der Waals surface area contributed by atoms with E-state index in [0.717, 1.165) is 167 Å². The first-order valence-corrected chi connectivity index (χ1v) is 33.3. The number of hydrogen-bond donors (Lipinski definition) is 0. The van der Waals surface area contributed by atoms with Gasteiger partial charge in [-0.1, -0.05) is 287 Å². The zero-order valence-electron chi connectivity index (χ0n) is 53.1. The molecule has 0 amide bonds. The summed E-state index contributed by atoms with van der Waals surface area (Å²) in [7, 11) is 0. The molecule has 1 unspecified atom stereocenters. The molecule has 0 saturated carbocycles. The summed E-state index contributed by atoms with van der Waals surface area (Å²) in [5.41, 5.74) is 0. The number of rotatable bonds is 58. The van der Waals surface area contributed by atoms with Crippen LogP contribution in [-0.2, 0) is 28.6 Å². The second-order valence-electron chi connectivity index (χ2n) is 21.3. The Hall–Kier alpha value is -5.49. The minimum Gasteiger partial charge on any atom is -0.462 e. The number of esters is 3. The maximum atomic E-state index is 12.9. The SMILES string of the molecule is CC/C=C\C/C=C\C/C=C\C/C=C\C/C=C\C/C=C\C/C=C\C/C=C\C/C=C\C/C=C\CCCCCCC(=O)OCC(COC(=O)CCCCCCCCCCCCC)OC(=O)CCCCC/C=C\C/C=C\C/C=C\C/C=C\C/C=C\CC. The normalized spacial score (nSPS) is 13.3. The number of carbonyl (C=O) groups is 3. The number of unbranched alkanes of at least 4 members (excludes halogenated alkanes) is 17. The highest BCUT2D eigenvalue weighted by molar-refractivity contribution is 5.71. The Kier molecular flexibility index (Phi) is 64.4. The van der Waals surface area contributed by atoms with E-state index in [1.165, 1.54) is 51.4 Å². The second-order valence-corrected chi connectivity index (χ2v) is 21.3. The third-order valence-corrected chi connectivity index (χ3v) is 13.4. The van der Waals surface area contributed by atoms with Crippen molar-refractivity contribution >= 4 is 17.9 Å². The predicted molar refractivity (Wildman–Crippen MR) is 361 cm³/mol. The summed E-state index contributed by atoms with van der Waals surface area (Å²) in [4.78, 5) is 38.3. The monoisotopic (exact) mass is 1140 g/mol. The molecule has 0 radical (unpaired) electrons. The van der Waals surface area contributed by atoms with E-state index in [9.17, 15) is 14.4 Å². The molecule has 0 aliphatic rings. The van der Waals surface area contributed by atoms with Crippen LogP contribution in [0.15, 0.2) is 182 Å². The van der Waals surface area contributed by atoms with Crippen molar-refractivity contribution in [3.05, 3.63) is 182 Å². The van der Waals surface area contributed by atoms with Crippen LogP contribution in [0.2, 0.25) is 0 Å². The Morgan fingerprint density at radius 2 is 0.470 bits per heavy atom. The van der Waals surface area contributed by atoms with Gasteiger partial charge in [-0.3, -0.25) is 14.4 Å². The molecule has 464 valence electrons. The van der Waals surface area contributed by atoms with Crippen molar-refractivity contribution in [2.75, 3.05) is 13.2 Å². The van der Waals surface area contributed by atoms with Gasteiger partial charge in [-0.25, -0.2) is 0 Å². The first-order valence-electron chi connectivity index (χ1n) is 33.3. The van der Waals surface area contributed by atoms with Crippen LogP contribution in [0, 0.1) is 0 Å². The lowest BCUT2D eigenvalue weighted by atomic mass is 10.1. The lowest BCUT2D eigenvalue weighted by molar-refractivity contribution is -0.167. The van der Waals surface area contributed by atoms with Crippen molar-refractivity contribution in [1.82, 2.24) is 0 Å². The molecule has 0 fully saturated rings. The van der Waals surface area contributed by atoms with E-state index in [4.69, 9.17) is 14.2 Å². The molecular formula is C77H120O6. The summed E-state index contributed by atoms with van der Waals surface area (Å²) in [6.45, 7) is 6.35. The van der Waals surface area contributed by atoms with Gasteiger partial charge in [-0.15, -0.1) is 0 Å². The van der Waals surface area contributed by atoms with Crippen LogP contribution in [0.1, 0.15) is 265 Å². The Bertz CT molecular complexity index is 1940. The molecule has 0 saturated heterocycles. The molecule has 83 heavy (non-hydrogen) atoms. The molecule has 0 bridgehead atoms. The average molecular weight is 1140 g/mol. The van der Waals surface area contributed by atoms with Crippen molar-refractivity contribution in [2.45, 2.75) is 271 Å². The zero-order chi connectivity index (χ0) is 59.9. The number of hydrogen-bond acceptors (Lipinski definition) is 6. The van der Waals surface area contributed by atoms with Crippen LogP contribution in [0.4, 0.5) is 0 Å². The number of carbonyl (C=O) groups excluding carboxylic acids is 3. The Labute approximate surface area is 510 Å². The zero-order valence-corrected chi connectivity index (χ0v) is 53.1. The quantitative estimate of drug-likeness (QED) is 0.0261. The van der Waals surface area contributed by atoms with E-state index >= 15 is 0 Å². The summed E-state index contributed by atoms with van der Waals surface area (Å²) in [5.74, 6) is -0.971. The minimum atomic E-state index is -0.815. The fourth-order valence-corrected chi connectivity index (χ4v) is 8.50. The van der Waals surface area contributed by atoms with Crippen molar-refractivity contribution in [1.29, 1.82) is 0 Å². The average Bonchev–Trinajstić information content (AvgIpc) is 3.48. The van der Waals surface area contributed by atoms with E-state index in [0.29, 0.717) is 19.3 Å². The van der Waals surface area contributed by atoms with Crippen LogP contribution in [0.5, 0.6) is 0 Å². The van der Waals surface area contributed by atoms with Gasteiger partial charge in [0.05, 0.1) is 0 Å². The molecule has 6 nitrogen and oxygen atoms in total. The smallest absolute Gasteiger partial charge is 0.306 e. The van der Waals surface area contributed by atoms with Gasteiger partial charge in [0.15, 0.2) is 6.10 Å².